The van der Waals surface area contributed by atoms with E-state index in [1.807, 2.05) is 0 Å². The number of rotatable bonds is 3. The zero-order valence-electron chi connectivity index (χ0n) is 10.4. The van der Waals surface area contributed by atoms with Gasteiger partial charge in [-0.3, -0.25) is 4.79 Å². The third-order valence-corrected chi connectivity index (χ3v) is 3.21. The molecule has 2 N–H and O–H groups in total. The van der Waals surface area contributed by atoms with E-state index >= 15 is 0 Å². The maximum atomic E-state index is 12.2. The van der Waals surface area contributed by atoms with Crippen molar-refractivity contribution in [3.63, 3.8) is 0 Å². The summed E-state index contributed by atoms with van der Waals surface area (Å²) in [5.74, 6) is 0.177. The molecule has 20 heavy (non-hydrogen) atoms. The summed E-state index contributed by atoms with van der Waals surface area (Å²) < 4.78 is 0. The van der Waals surface area contributed by atoms with Gasteiger partial charge in [-0.05, 0) is 24.3 Å². The molecule has 0 unspecified atom stereocenters. The highest BCUT2D eigenvalue weighted by atomic mass is 35.5. The summed E-state index contributed by atoms with van der Waals surface area (Å²) in [6.45, 7) is 0. The van der Waals surface area contributed by atoms with Gasteiger partial charge in [-0.1, -0.05) is 34.8 Å². The number of hydrogen-bond acceptors (Lipinski definition) is 3. The minimum absolute atomic E-state index is 0.259. The van der Waals surface area contributed by atoms with Crippen LogP contribution in [0.5, 0.6) is 0 Å². The van der Waals surface area contributed by atoms with Crippen LogP contribution in [0.15, 0.2) is 30.5 Å². The van der Waals surface area contributed by atoms with Crippen LogP contribution in [0, 0.1) is 0 Å². The Kier molecular flexibility index (Phi) is 4.70. The molecule has 0 aliphatic heterocycles. The number of aromatic nitrogens is 1. The molecular weight excluding hydrogens is 321 g/mol. The van der Waals surface area contributed by atoms with E-state index in [4.69, 9.17) is 34.8 Å². The quantitative estimate of drug-likeness (QED) is 0.880. The number of nitrogens with zero attached hydrogens (tertiary/aromatic N) is 1. The van der Waals surface area contributed by atoms with Gasteiger partial charge in [0, 0.05) is 29.0 Å². The highest BCUT2D eigenvalue weighted by Gasteiger charge is 2.12. The highest BCUT2D eigenvalue weighted by molar-refractivity contribution is 6.36. The van der Waals surface area contributed by atoms with Gasteiger partial charge in [-0.15, -0.1) is 0 Å². The van der Waals surface area contributed by atoms with Crippen molar-refractivity contribution < 1.29 is 4.79 Å². The van der Waals surface area contributed by atoms with E-state index < -0.39 is 0 Å². The van der Waals surface area contributed by atoms with Gasteiger partial charge in [0.25, 0.3) is 5.91 Å². The summed E-state index contributed by atoms with van der Waals surface area (Å²) in [4.78, 5) is 16.2. The third kappa shape index (κ3) is 3.54. The van der Waals surface area contributed by atoms with Crippen molar-refractivity contribution in [3.05, 3.63) is 51.1 Å². The maximum Gasteiger partial charge on any atom is 0.257 e. The SMILES string of the molecule is CNc1cc(C(=O)Nc2cc(Cl)cc(Cl)c2)c(Cl)cn1. The summed E-state index contributed by atoms with van der Waals surface area (Å²) in [5.41, 5.74) is 0.800. The lowest BCUT2D eigenvalue weighted by Crippen LogP contribution is -2.13. The summed E-state index contributed by atoms with van der Waals surface area (Å²) in [6, 6.07) is 6.33. The Morgan fingerprint density at radius 3 is 2.35 bits per heavy atom. The lowest BCUT2D eigenvalue weighted by Gasteiger charge is -2.09. The number of nitrogens with one attached hydrogen (secondary N) is 2. The van der Waals surface area contributed by atoms with Gasteiger partial charge in [-0.25, -0.2) is 4.98 Å². The molecule has 0 atom stereocenters. The van der Waals surface area contributed by atoms with Crippen molar-refractivity contribution in [2.24, 2.45) is 0 Å². The van der Waals surface area contributed by atoms with Crippen LogP contribution in [0.3, 0.4) is 0 Å². The second-order valence-electron chi connectivity index (χ2n) is 3.91. The average molecular weight is 331 g/mol. The molecule has 0 spiro atoms. The number of carbonyl (C=O) groups is 1. The normalized spacial score (nSPS) is 10.2. The molecule has 0 aliphatic carbocycles. The van der Waals surface area contributed by atoms with Crippen LogP contribution in [0.4, 0.5) is 11.5 Å². The van der Waals surface area contributed by atoms with Crippen molar-refractivity contribution in [1.82, 2.24) is 4.98 Å². The van der Waals surface area contributed by atoms with Gasteiger partial charge >= 0.3 is 0 Å². The summed E-state index contributed by atoms with van der Waals surface area (Å²) >= 11 is 17.7. The number of carbonyl (C=O) groups excluding carboxylic acids is 1. The lowest BCUT2D eigenvalue weighted by molar-refractivity contribution is 0.102. The number of amides is 1. The molecule has 104 valence electrons. The van der Waals surface area contributed by atoms with Gasteiger partial charge in [0.15, 0.2) is 0 Å². The van der Waals surface area contributed by atoms with E-state index in [0.717, 1.165) is 0 Å². The Morgan fingerprint density at radius 2 is 1.75 bits per heavy atom. The zero-order valence-corrected chi connectivity index (χ0v) is 12.6. The number of halogens is 3. The second-order valence-corrected chi connectivity index (χ2v) is 5.19. The Labute approximate surface area is 131 Å². The van der Waals surface area contributed by atoms with Crippen LogP contribution in [-0.4, -0.2) is 17.9 Å². The van der Waals surface area contributed by atoms with Crippen molar-refractivity contribution >= 4 is 52.2 Å². The minimum Gasteiger partial charge on any atom is -0.373 e. The molecular formula is C13H10Cl3N3O. The number of hydrogen-bond donors (Lipinski definition) is 2. The molecule has 0 saturated heterocycles. The van der Waals surface area contributed by atoms with E-state index in [1.54, 1.807) is 31.3 Å². The number of pyridine rings is 1. The molecule has 1 aromatic heterocycles. The topological polar surface area (TPSA) is 54.0 Å². The molecule has 4 nitrogen and oxygen atoms in total. The van der Waals surface area contributed by atoms with Crippen LogP contribution in [-0.2, 0) is 0 Å². The predicted molar refractivity (Wildman–Crippen MR) is 83.2 cm³/mol. The Morgan fingerprint density at radius 1 is 1.10 bits per heavy atom. The second kappa shape index (κ2) is 6.31. The fourth-order valence-electron chi connectivity index (χ4n) is 1.57. The van der Waals surface area contributed by atoms with Crippen LogP contribution in [0.25, 0.3) is 0 Å². The fourth-order valence-corrected chi connectivity index (χ4v) is 2.29. The molecule has 0 aliphatic rings. The highest BCUT2D eigenvalue weighted by Crippen LogP contribution is 2.24. The predicted octanol–water partition coefficient (Wildman–Crippen LogP) is 4.34. The maximum absolute atomic E-state index is 12.2. The molecule has 2 rings (SSSR count). The van der Waals surface area contributed by atoms with Gasteiger partial charge in [0.1, 0.15) is 5.82 Å². The molecule has 0 saturated carbocycles. The van der Waals surface area contributed by atoms with E-state index in [-0.39, 0.29) is 10.9 Å². The molecule has 7 heteroatoms. The van der Waals surface area contributed by atoms with E-state index in [0.29, 0.717) is 27.1 Å². The van der Waals surface area contributed by atoms with Crippen molar-refractivity contribution in [1.29, 1.82) is 0 Å². The fraction of sp³-hybridized carbons (Fsp3) is 0.0769. The van der Waals surface area contributed by atoms with Gasteiger partial charge < -0.3 is 10.6 Å². The first-order valence-corrected chi connectivity index (χ1v) is 6.73. The number of anilines is 2. The largest absolute Gasteiger partial charge is 0.373 e. The lowest BCUT2D eigenvalue weighted by atomic mass is 10.2. The first-order chi connectivity index (χ1) is 9.49. The third-order valence-electron chi connectivity index (χ3n) is 2.48. The first kappa shape index (κ1) is 14.9. The van der Waals surface area contributed by atoms with Crippen molar-refractivity contribution in [2.45, 2.75) is 0 Å². The molecule has 2 aromatic rings. The van der Waals surface area contributed by atoms with E-state index in [9.17, 15) is 4.79 Å². The number of benzene rings is 1. The summed E-state index contributed by atoms with van der Waals surface area (Å²) in [5, 5.41) is 6.65. The molecule has 0 bridgehead atoms. The van der Waals surface area contributed by atoms with Crippen LogP contribution < -0.4 is 10.6 Å². The molecule has 0 radical (unpaired) electrons. The van der Waals surface area contributed by atoms with Gasteiger partial charge in [-0.2, -0.15) is 0 Å². The van der Waals surface area contributed by atoms with Crippen LogP contribution >= 0.6 is 34.8 Å². The summed E-state index contributed by atoms with van der Waals surface area (Å²) in [6.07, 6.45) is 1.41. The minimum atomic E-state index is -0.368. The molecule has 1 heterocycles. The van der Waals surface area contributed by atoms with Crippen molar-refractivity contribution in [2.75, 3.05) is 17.7 Å². The monoisotopic (exact) mass is 329 g/mol. The zero-order chi connectivity index (χ0) is 14.7. The molecule has 0 fully saturated rings. The summed E-state index contributed by atoms with van der Waals surface area (Å²) in [7, 11) is 1.70. The van der Waals surface area contributed by atoms with Gasteiger partial charge in [0.2, 0.25) is 0 Å². The molecule has 1 amide bonds. The van der Waals surface area contributed by atoms with Gasteiger partial charge in [0.05, 0.1) is 10.6 Å². The smallest absolute Gasteiger partial charge is 0.257 e. The first-order valence-electron chi connectivity index (χ1n) is 5.60. The Hall–Kier alpha value is -1.49. The van der Waals surface area contributed by atoms with E-state index in [1.165, 1.54) is 6.20 Å². The average Bonchev–Trinajstić information content (AvgIpc) is 2.37. The standard InChI is InChI=1S/C13H10Cl3N3O/c1-17-12-5-10(11(16)6-18-12)13(20)19-9-3-7(14)2-8(15)4-9/h2-6H,1H3,(H,17,18)(H,19,20). The van der Waals surface area contributed by atoms with Crippen molar-refractivity contribution in [3.8, 4) is 0 Å². The Bertz CT molecular complexity index is 641. The molecule has 1 aromatic carbocycles. The Balaban J connectivity index is 2.27. The van der Waals surface area contributed by atoms with E-state index in [2.05, 4.69) is 15.6 Å². The van der Waals surface area contributed by atoms with Crippen LogP contribution in [0.1, 0.15) is 10.4 Å². The van der Waals surface area contributed by atoms with Crippen LogP contribution in [0.2, 0.25) is 15.1 Å².